The Balaban J connectivity index is 2.67. The minimum atomic E-state index is -4.71. The molecule has 0 spiro atoms. The Morgan fingerprint density at radius 2 is 1.91 bits per heavy atom. The number of amides is 2. The molecule has 2 amide bonds. The fourth-order valence-corrected chi connectivity index (χ4v) is 3.73. The zero-order valence-electron chi connectivity index (χ0n) is 11.8. The molecule has 1 aliphatic heterocycles. The molecule has 1 saturated heterocycles. The minimum absolute atomic E-state index is 0.0230. The first-order valence-corrected chi connectivity index (χ1v) is 7.70. The third-order valence-electron chi connectivity index (χ3n) is 3.49. The van der Waals surface area contributed by atoms with Crippen LogP contribution in [-0.4, -0.2) is 11.8 Å². The number of nitrogens with zero attached hydrogens (tertiary/aromatic N) is 2. The third-order valence-corrected chi connectivity index (χ3v) is 4.93. The number of rotatable bonds is 1. The molecule has 1 heterocycles. The second-order valence-corrected chi connectivity index (χ2v) is 7.04. The fraction of sp³-hybridized carbons (Fsp3) is 0.357. The molecule has 2 rings (SSSR count). The van der Waals surface area contributed by atoms with Gasteiger partial charge in [-0.1, -0.05) is 0 Å². The van der Waals surface area contributed by atoms with Gasteiger partial charge in [0.15, 0.2) is 0 Å². The molecule has 0 atom stereocenters. The molecular weight excluding hydrogens is 374 g/mol. The van der Waals surface area contributed by atoms with E-state index in [2.05, 4.69) is 0 Å². The van der Waals surface area contributed by atoms with Crippen LogP contribution in [0.15, 0.2) is 12.1 Å². The van der Waals surface area contributed by atoms with E-state index < -0.39 is 34.5 Å². The molecule has 8 heteroatoms. The number of imide groups is 1. The Morgan fingerprint density at radius 1 is 1.32 bits per heavy atom. The Kier molecular flexibility index (Phi) is 4.22. The Bertz CT molecular complexity index is 720. The molecule has 1 aromatic carbocycles. The normalized spacial score (nSPS) is 17.7. The molecule has 0 unspecified atom stereocenters. The molecule has 1 aromatic rings. The van der Waals surface area contributed by atoms with Crippen LogP contribution < -0.4 is 7.27 Å². The number of carbonyl (C=O) groups excluding carboxylic acids is 2. The standard InChI is InChI=1S/C14H10F3N2O2.Y/c1-13(2)6-11(20)19(12(13)21)9-4-3-8(7-18)10(5-9)14(15,16)17;/h3-4H,6H2,1-2H3;. The van der Waals surface area contributed by atoms with E-state index in [9.17, 15) is 22.8 Å². The van der Waals surface area contributed by atoms with Crippen LogP contribution in [0.3, 0.4) is 0 Å². The van der Waals surface area contributed by atoms with Gasteiger partial charge in [0.2, 0.25) is 0 Å². The summed E-state index contributed by atoms with van der Waals surface area (Å²) in [6.45, 7) is 3.15. The topological polar surface area (TPSA) is 61.2 Å². The molecule has 112 valence electrons. The van der Waals surface area contributed by atoms with Gasteiger partial charge in [-0.15, -0.1) is 0 Å². The van der Waals surface area contributed by atoms with Crippen LogP contribution in [0, 0.1) is 16.7 Å². The summed E-state index contributed by atoms with van der Waals surface area (Å²) in [5.74, 6) is -1.05. The number of carbonyl (C=O) groups is 2. The predicted octanol–water partition coefficient (Wildman–Crippen LogP) is 2.04. The monoisotopic (exact) mass is 384 g/mol. The summed E-state index contributed by atoms with van der Waals surface area (Å²) < 4.78 is 39.4. The Hall–Kier alpha value is -1.26. The van der Waals surface area contributed by atoms with Crippen molar-refractivity contribution in [3.63, 3.8) is 0 Å². The van der Waals surface area contributed by atoms with Crippen molar-refractivity contribution in [1.29, 1.82) is 5.26 Å². The second-order valence-electron chi connectivity index (χ2n) is 5.63. The van der Waals surface area contributed by atoms with E-state index in [1.807, 2.05) is 0 Å². The average molecular weight is 384 g/mol. The van der Waals surface area contributed by atoms with Crippen molar-refractivity contribution < 1.29 is 53.7 Å². The first-order chi connectivity index (χ1) is 10.0. The predicted molar refractivity (Wildman–Crippen MR) is 66.7 cm³/mol. The summed E-state index contributed by atoms with van der Waals surface area (Å²) in [7, 11) is 0. The van der Waals surface area contributed by atoms with Gasteiger partial charge in [0.05, 0.1) is 0 Å². The van der Waals surface area contributed by atoms with Crippen molar-refractivity contribution in [2.24, 2.45) is 5.41 Å². The summed E-state index contributed by atoms with van der Waals surface area (Å²) in [5, 5.41) is 8.87. The Labute approximate surface area is 144 Å². The van der Waals surface area contributed by atoms with E-state index in [1.165, 1.54) is 12.1 Å². The van der Waals surface area contributed by atoms with Crippen LogP contribution >= 0.6 is 0 Å². The van der Waals surface area contributed by atoms with E-state index in [0.717, 1.165) is 11.0 Å². The van der Waals surface area contributed by atoms with Crippen LogP contribution in [0.25, 0.3) is 0 Å². The van der Waals surface area contributed by atoms with Crippen molar-refractivity contribution in [3.05, 3.63) is 23.3 Å². The van der Waals surface area contributed by atoms with Crippen molar-refractivity contribution in [2.45, 2.75) is 26.4 Å². The molecule has 1 fully saturated rings. The number of anilines is 1. The first kappa shape index (κ1) is 17.1. The SMILES string of the molecule is CC1(C)CC(=O)N(c2ccc(C#N)c(C(F)(F)F)[c]2[Y])C1=O. The van der Waals surface area contributed by atoms with Crippen LogP contribution in [0.5, 0.6) is 0 Å². The molecule has 4 nitrogen and oxygen atoms in total. The van der Waals surface area contributed by atoms with Gasteiger partial charge >= 0.3 is 145 Å². The van der Waals surface area contributed by atoms with Gasteiger partial charge in [-0.25, -0.2) is 0 Å². The van der Waals surface area contributed by atoms with Gasteiger partial charge in [0.1, 0.15) is 0 Å². The summed E-state index contributed by atoms with van der Waals surface area (Å²) >= 11 is 0.0230. The van der Waals surface area contributed by atoms with Crippen molar-refractivity contribution in [2.75, 3.05) is 4.90 Å². The molecule has 0 aliphatic carbocycles. The second kappa shape index (κ2) is 5.43. The summed E-state index contributed by atoms with van der Waals surface area (Å²) in [6, 6.07) is 3.76. The molecule has 0 N–H and O–H groups in total. The van der Waals surface area contributed by atoms with Gasteiger partial charge in [0, 0.05) is 0 Å². The van der Waals surface area contributed by atoms with Gasteiger partial charge in [-0.05, 0) is 0 Å². The van der Waals surface area contributed by atoms with Crippen molar-refractivity contribution >= 4 is 19.9 Å². The van der Waals surface area contributed by atoms with E-state index in [4.69, 9.17) is 5.26 Å². The van der Waals surface area contributed by atoms with Crippen LogP contribution in [0.1, 0.15) is 31.4 Å². The summed E-state index contributed by atoms with van der Waals surface area (Å²) in [5.41, 5.74) is -2.55. The molecule has 1 aliphatic rings. The van der Waals surface area contributed by atoms with Gasteiger partial charge in [0.25, 0.3) is 0 Å². The maximum absolute atomic E-state index is 13.2. The van der Waals surface area contributed by atoms with Gasteiger partial charge in [-0.2, -0.15) is 0 Å². The van der Waals surface area contributed by atoms with Crippen LogP contribution in [0.2, 0.25) is 0 Å². The number of benzene rings is 1. The number of hydrogen-bond acceptors (Lipinski definition) is 3. The number of nitriles is 1. The summed E-state index contributed by atoms with van der Waals surface area (Å²) in [4.78, 5) is 25.1. The first-order valence-electron chi connectivity index (χ1n) is 6.28. The molecule has 0 bridgehead atoms. The number of halogens is 3. The number of hydrogen-bond donors (Lipinski definition) is 0. The van der Waals surface area contributed by atoms with Gasteiger partial charge < -0.3 is 0 Å². The average Bonchev–Trinajstić information content (AvgIpc) is 2.57. The number of alkyl halides is 3. The van der Waals surface area contributed by atoms with Gasteiger partial charge in [-0.3, -0.25) is 0 Å². The summed E-state index contributed by atoms with van der Waals surface area (Å²) in [6.07, 6.45) is -4.76. The maximum atomic E-state index is 13.2. The zero-order chi connectivity index (χ0) is 16.9. The van der Waals surface area contributed by atoms with Crippen molar-refractivity contribution in [3.8, 4) is 6.07 Å². The van der Waals surface area contributed by atoms with Crippen molar-refractivity contribution in [1.82, 2.24) is 0 Å². The van der Waals surface area contributed by atoms with E-state index in [1.54, 1.807) is 13.8 Å². The van der Waals surface area contributed by atoms with E-state index >= 15 is 0 Å². The van der Waals surface area contributed by atoms with Crippen LogP contribution in [-0.2, 0) is 46.7 Å². The van der Waals surface area contributed by atoms with Crippen LogP contribution in [0.4, 0.5) is 18.9 Å². The molecular formula is C14H10F3N2O2Y. The molecule has 0 aromatic heterocycles. The fourth-order valence-electron chi connectivity index (χ4n) is 2.39. The Morgan fingerprint density at radius 3 is 2.32 bits per heavy atom. The van der Waals surface area contributed by atoms with E-state index in [0.29, 0.717) is 0 Å². The zero-order valence-corrected chi connectivity index (χ0v) is 14.6. The molecule has 0 radical (unpaired) electrons. The molecule has 22 heavy (non-hydrogen) atoms. The quantitative estimate of drug-likeness (QED) is 0.697. The molecule has 0 saturated carbocycles. The van der Waals surface area contributed by atoms with E-state index in [-0.39, 0.29) is 45.4 Å². The third kappa shape index (κ3) is 2.70.